The van der Waals surface area contributed by atoms with Crippen LogP contribution < -0.4 is 10.1 Å². The highest BCUT2D eigenvalue weighted by atomic mass is 79.9. The molecule has 8 heteroatoms. The number of halogens is 1. The Bertz CT molecular complexity index is 729. The van der Waals surface area contributed by atoms with E-state index in [9.17, 15) is 0 Å². The molecular formula is C13H11BrN6O. The van der Waals surface area contributed by atoms with Crippen molar-refractivity contribution in [3.8, 4) is 17.7 Å². The Labute approximate surface area is 129 Å². The van der Waals surface area contributed by atoms with E-state index in [0.717, 1.165) is 4.47 Å². The predicted octanol–water partition coefficient (Wildman–Crippen LogP) is 2.65. The molecule has 0 aliphatic rings. The summed E-state index contributed by atoms with van der Waals surface area (Å²) in [5.74, 6) is 1.42. The van der Waals surface area contributed by atoms with Crippen LogP contribution >= 0.6 is 15.9 Å². The standard InChI is InChI=1S/C13H11BrN6O/c1-15-11-17-12(20-8-2-7-16-20)19-13(18-11)21-10-5-3-9(14)4-6-10/h2-8H,1H3,(H,15,17,18,19). The van der Waals surface area contributed by atoms with Crippen molar-refractivity contribution >= 4 is 21.9 Å². The number of hydrogen-bond acceptors (Lipinski definition) is 6. The van der Waals surface area contributed by atoms with E-state index in [1.807, 2.05) is 24.3 Å². The Hall–Kier alpha value is -2.48. The zero-order valence-electron chi connectivity index (χ0n) is 11.1. The molecule has 2 aromatic heterocycles. The minimum Gasteiger partial charge on any atom is -0.424 e. The third-order valence-electron chi connectivity index (χ3n) is 2.56. The number of aromatic nitrogens is 5. The zero-order valence-corrected chi connectivity index (χ0v) is 12.6. The van der Waals surface area contributed by atoms with Crippen LogP contribution in [-0.4, -0.2) is 31.8 Å². The number of hydrogen-bond donors (Lipinski definition) is 1. The van der Waals surface area contributed by atoms with E-state index in [1.165, 1.54) is 4.68 Å². The first-order valence-corrected chi connectivity index (χ1v) is 6.91. The first-order valence-electron chi connectivity index (χ1n) is 6.12. The minimum atomic E-state index is 0.196. The summed E-state index contributed by atoms with van der Waals surface area (Å²) in [6.45, 7) is 0. The van der Waals surface area contributed by atoms with Crippen molar-refractivity contribution in [2.24, 2.45) is 0 Å². The highest BCUT2D eigenvalue weighted by molar-refractivity contribution is 9.10. The van der Waals surface area contributed by atoms with Crippen molar-refractivity contribution in [2.45, 2.75) is 0 Å². The van der Waals surface area contributed by atoms with Crippen LogP contribution in [0.3, 0.4) is 0 Å². The van der Waals surface area contributed by atoms with Gasteiger partial charge in [0.05, 0.1) is 0 Å². The van der Waals surface area contributed by atoms with Gasteiger partial charge in [-0.1, -0.05) is 15.9 Å². The van der Waals surface area contributed by atoms with Gasteiger partial charge in [0.15, 0.2) is 0 Å². The summed E-state index contributed by atoms with van der Waals surface area (Å²) in [7, 11) is 1.73. The Kier molecular flexibility index (Phi) is 3.78. The summed E-state index contributed by atoms with van der Waals surface area (Å²) in [5, 5.41) is 6.97. The van der Waals surface area contributed by atoms with Crippen LogP contribution in [0.15, 0.2) is 47.2 Å². The molecule has 0 aliphatic carbocycles. The molecule has 0 amide bonds. The Morgan fingerprint density at radius 2 is 1.95 bits per heavy atom. The molecule has 3 aromatic rings. The summed E-state index contributed by atoms with van der Waals surface area (Å²) < 4.78 is 8.16. The average Bonchev–Trinajstić information content (AvgIpc) is 3.04. The molecule has 0 fully saturated rings. The topological polar surface area (TPSA) is 77.8 Å². The van der Waals surface area contributed by atoms with Crippen LogP contribution in [0, 0.1) is 0 Å². The number of nitrogens with one attached hydrogen (secondary N) is 1. The second kappa shape index (κ2) is 5.88. The molecule has 21 heavy (non-hydrogen) atoms. The van der Waals surface area contributed by atoms with Gasteiger partial charge in [0.2, 0.25) is 5.95 Å². The van der Waals surface area contributed by atoms with Gasteiger partial charge in [0.1, 0.15) is 5.75 Å². The molecule has 0 spiro atoms. The lowest BCUT2D eigenvalue weighted by atomic mass is 10.3. The minimum absolute atomic E-state index is 0.196. The highest BCUT2D eigenvalue weighted by Crippen LogP contribution is 2.21. The Morgan fingerprint density at radius 3 is 2.62 bits per heavy atom. The second-order valence-electron chi connectivity index (χ2n) is 4.00. The monoisotopic (exact) mass is 346 g/mol. The van der Waals surface area contributed by atoms with Crippen molar-refractivity contribution < 1.29 is 4.74 Å². The van der Waals surface area contributed by atoms with Crippen LogP contribution in [0.25, 0.3) is 5.95 Å². The zero-order chi connectivity index (χ0) is 14.7. The summed E-state index contributed by atoms with van der Waals surface area (Å²) >= 11 is 3.37. The number of nitrogens with zero attached hydrogens (tertiary/aromatic N) is 5. The molecule has 1 aromatic carbocycles. The molecule has 0 aliphatic heterocycles. The fraction of sp³-hybridized carbons (Fsp3) is 0.0769. The molecular weight excluding hydrogens is 336 g/mol. The van der Waals surface area contributed by atoms with Gasteiger partial charge in [-0.25, -0.2) is 4.68 Å². The number of benzene rings is 1. The third kappa shape index (κ3) is 3.16. The van der Waals surface area contributed by atoms with E-state index in [0.29, 0.717) is 17.6 Å². The number of rotatable bonds is 4. The van der Waals surface area contributed by atoms with Crippen LogP contribution in [-0.2, 0) is 0 Å². The van der Waals surface area contributed by atoms with Gasteiger partial charge in [0.25, 0.3) is 5.95 Å². The lowest BCUT2D eigenvalue weighted by molar-refractivity contribution is 0.438. The smallest absolute Gasteiger partial charge is 0.328 e. The largest absolute Gasteiger partial charge is 0.424 e. The molecule has 106 valence electrons. The molecule has 0 unspecified atom stereocenters. The maximum Gasteiger partial charge on any atom is 0.328 e. The van der Waals surface area contributed by atoms with Crippen molar-refractivity contribution in [1.29, 1.82) is 0 Å². The lowest BCUT2D eigenvalue weighted by Crippen LogP contribution is -2.08. The molecule has 1 N–H and O–H groups in total. The Balaban J connectivity index is 1.94. The summed E-state index contributed by atoms with van der Waals surface area (Å²) in [6.07, 6.45) is 3.40. The van der Waals surface area contributed by atoms with Crippen molar-refractivity contribution in [3.05, 3.63) is 47.2 Å². The fourth-order valence-electron chi connectivity index (χ4n) is 1.60. The van der Waals surface area contributed by atoms with Crippen LogP contribution in [0.4, 0.5) is 5.95 Å². The SMILES string of the molecule is CNc1nc(Oc2ccc(Br)cc2)nc(-n2cccn2)n1. The van der Waals surface area contributed by atoms with Gasteiger partial charge in [0, 0.05) is 23.9 Å². The van der Waals surface area contributed by atoms with Crippen LogP contribution in [0.1, 0.15) is 0 Å². The molecule has 3 rings (SSSR count). The van der Waals surface area contributed by atoms with Gasteiger partial charge in [-0.05, 0) is 30.3 Å². The number of anilines is 1. The summed E-state index contributed by atoms with van der Waals surface area (Å²) in [4.78, 5) is 12.6. The fourth-order valence-corrected chi connectivity index (χ4v) is 1.87. The molecule has 7 nitrogen and oxygen atoms in total. The molecule has 0 saturated carbocycles. The van der Waals surface area contributed by atoms with E-state index >= 15 is 0 Å². The lowest BCUT2D eigenvalue weighted by Gasteiger charge is -2.07. The first kappa shape index (κ1) is 13.5. The maximum absolute atomic E-state index is 5.65. The van der Waals surface area contributed by atoms with E-state index in [1.54, 1.807) is 25.5 Å². The van der Waals surface area contributed by atoms with E-state index < -0.39 is 0 Å². The molecule has 0 saturated heterocycles. The molecule has 0 atom stereocenters. The van der Waals surface area contributed by atoms with Gasteiger partial charge < -0.3 is 10.1 Å². The highest BCUT2D eigenvalue weighted by Gasteiger charge is 2.09. The van der Waals surface area contributed by atoms with E-state index in [4.69, 9.17) is 4.74 Å². The third-order valence-corrected chi connectivity index (χ3v) is 3.09. The molecule has 0 bridgehead atoms. The maximum atomic E-state index is 5.65. The first-order chi connectivity index (χ1) is 10.2. The van der Waals surface area contributed by atoms with Crippen LogP contribution in [0.5, 0.6) is 11.8 Å². The average molecular weight is 347 g/mol. The van der Waals surface area contributed by atoms with E-state index in [-0.39, 0.29) is 6.01 Å². The predicted molar refractivity (Wildman–Crippen MR) is 80.7 cm³/mol. The normalized spacial score (nSPS) is 10.4. The molecule has 2 heterocycles. The quantitative estimate of drug-likeness (QED) is 0.782. The summed E-state index contributed by atoms with van der Waals surface area (Å²) in [6, 6.07) is 9.38. The molecule has 0 radical (unpaired) electrons. The van der Waals surface area contributed by atoms with Gasteiger partial charge in [-0.3, -0.25) is 0 Å². The Morgan fingerprint density at radius 1 is 1.14 bits per heavy atom. The summed E-state index contributed by atoms with van der Waals surface area (Å²) in [5.41, 5.74) is 0. The van der Waals surface area contributed by atoms with Gasteiger partial charge in [-0.15, -0.1) is 0 Å². The van der Waals surface area contributed by atoms with Gasteiger partial charge >= 0.3 is 6.01 Å². The van der Waals surface area contributed by atoms with Crippen LogP contribution in [0.2, 0.25) is 0 Å². The van der Waals surface area contributed by atoms with Crippen molar-refractivity contribution in [3.63, 3.8) is 0 Å². The van der Waals surface area contributed by atoms with Crippen molar-refractivity contribution in [2.75, 3.05) is 12.4 Å². The number of ether oxygens (including phenoxy) is 1. The second-order valence-corrected chi connectivity index (χ2v) is 4.91. The van der Waals surface area contributed by atoms with Gasteiger partial charge in [-0.2, -0.15) is 20.1 Å². The van der Waals surface area contributed by atoms with Crippen molar-refractivity contribution in [1.82, 2.24) is 24.7 Å². The van der Waals surface area contributed by atoms with E-state index in [2.05, 4.69) is 41.3 Å².